The fraction of sp³-hybridized carbons (Fsp3) is 0.615. The number of aryl methyl sites for hydroxylation is 2. The van der Waals surface area contributed by atoms with Gasteiger partial charge in [0.05, 0.1) is 28.1 Å². The van der Waals surface area contributed by atoms with Crippen LogP contribution in [0.3, 0.4) is 0 Å². The van der Waals surface area contributed by atoms with Crippen LogP contribution in [-0.4, -0.2) is 85.9 Å². The molecular weight excluding hydrogens is 679 g/mol. The first kappa shape index (κ1) is 40.9. The second kappa shape index (κ2) is 21.0. The summed E-state index contributed by atoms with van der Waals surface area (Å²) in [5, 5.41) is 6.37. The number of carbonyl (C=O) groups is 5. The lowest BCUT2D eigenvalue weighted by molar-refractivity contribution is -0.138. The van der Waals surface area contributed by atoms with Gasteiger partial charge in [0.2, 0.25) is 17.7 Å². The molecule has 1 fully saturated rings. The Morgan fingerprint density at radius 1 is 0.962 bits per heavy atom. The fourth-order valence-electron chi connectivity index (χ4n) is 6.83. The number of nitrogens with zero attached hydrogens (tertiary/aromatic N) is 4. The average molecular weight is 736 g/mol. The molecule has 0 saturated carbocycles. The monoisotopic (exact) mass is 735 g/mol. The largest absolute Gasteiger partial charge is 0.382 e. The molecule has 0 spiro atoms. The van der Waals surface area contributed by atoms with E-state index in [4.69, 9.17) is 10.7 Å². The van der Waals surface area contributed by atoms with E-state index in [2.05, 4.69) is 33.2 Å². The van der Waals surface area contributed by atoms with Crippen molar-refractivity contribution in [2.75, 3.05) is 31.6 Å². The molecule has 13 heteroatoms. The molecular formula is C39H57N7O5S. The number of amides is 3. The quantitative estimate of drug-likeness (QED) is 0.0744. The zero-order chi connectivity index (χ0) is 37.5. The molecule has 2 unspecified atom stereocenters. The molecule has 4 rings (SSSR count). The lowest BCUT2D eigenvalue weighted by Crippen LogP contribution is -2.33. The van der Waals surface area contributed by atoms with E-state index in [1.165, 1.54) is 16.7 Å². The topological polar surface area (TPSA) is 169 Å². The van der Waals surface area contributed by atoms with Crippen LogP contribution in [0.1, 0.15) is 110 Å². The van der Waals surface area contributed by atoms with E-state index < -0.39 is 5.25 Å². The minimum atomic E-state index is -0.531. The van der Waals surface area contributed by atoms with Crippen LogP contribution >= 0.6 is 11.8 Å². The van der Waals surface area contributed by atoms with Crippen molar-refractivity contribution < 1.29 is 24.0 Å². The van der Waals surface area contributed by atoms with E-state index in [1.807, 2.05) is 18.2 Å². The highest BCUT2D eigenvalue weighted by molar-refractivity contribution is 8.01. The number of rotatable bonds is 25. The third kappa shape index (κ3) is 11.6. The predicted octanol–water partition coefficient (Wildman–Crippen LogP) is 5.52. The van der Waals surface area contributed by atoms with Crippen LogP contribution in [0.25, 0.3) is 21.9 Å². The minimum absolute atomic E-state index is 0.105. The number of anilines is 1. The number of hydrogen-bond acceptors (Lipinski definition) is 10. The first-order valence-electron chi connectivity index (χ1n) is 19.1. The number of benzene rings is 1. The van der Waals surface area contributed by atoms with Crippen LogP contribution in [0, 0.1) is 0 Å². The number of unbranched alkanes of at least 4 members (excludes halogenated alkanes) is 6. The Bertz CT molecular complexity index is 1690. The number of fused-ring (bicyclic) bond motifs is 3. The number of Topliss-reactive ketones (excluding diaryl/α,β-unsaturated/α-hetero) is 2. The lowest BCUT2D eigenvalue weighted by atomic mass is 10.1. The zero-order valence-electron chi connectivity index (χ0n) is 31.2. The third-order valence-electron chi connectivity index (χ3n) is 9.82. The maximum absolute atomic E-state index is 12.8. The standard InChI is InChI=1S/C39H57N7O5S/c1-4-5-21-33-44-36-37(29-18-10-11-20-31(29)43-38(36)40)45(33)23-14-6-8-16-28(48)17-9-7-15-24-46-35(50)25-32(39(46)51)52-26-34(49)42-22-13-12-19-30(41-3)27(2)47/h10-11,18,20,30,32,41H,4-9,12-17,19,21-26H2,1-3H3,(H2,40,43)(H,42,49). The predicted molar refractivity (Wildman–Crippen MR) is 208 cm³/mol. The third-order valence-corrected chi connectivity index (χ3v) is 11.0. The van der Waals surface area contributed by atoms with E-state index in [0.29, 0.717) is 38.2 Å². The van der Waals surface area contributed by atoms with Crippen LogP contribution in [0.4, 0.5) is 5.82 Å². The molecule has 3 heterocycles. The second-order valence-corrected chi connectivity index (χ2v) is 15.0. The van der Waals surface area contributed by atoms with Crippen LogP contribution in [0.2, 0.25) is 0 Å². The van der Waals surface area contributed by atoms with Gasteiger partial charge in [-0.1, -0.05) is 44.4 Å². The fourth-order valence-corrected chi connectivity index (χ4v) is 7.82. The van der Waals surface area contributed by atoms with Crippen molar-refractivity contribution >= 4 is 68.8 Å². The Morgan fingerprint density at radius 3 is 2.40 bits per heavy atom. The van der Waals surface area contributed by atoms with Crippen LogP contribution in [-0.2, 0) is 36.9 Å². The number of nitrogens with two attached hydrogens (primary N) is 1. The van der Waals surface area contributed by atoms with E-state index >= 15 is 0 Å². The molecule has 284 valence electrons. The van der Waals surface area contributed by atoms with Crippen LogP contribution in [0.15, 0.2) is 24.3 Å². The molecule has 1 saturated heterocycles. The van der Waals surface area contributed by atoms with Crippen molar-refractivity contribution in [2.45, 2.75) is 128 Å². The molecule has 4 N–H and O–H groups in total. The van der Waals surface area contributed by atoms with Crippen molar-refractivity contribution in [3.8, 4) is 0 Å². The van der Waals surface area contributed by atoms with Crippen molar-refractivity contribution in [3.05, 3.63) is 30.1 Å². The molecule has 0 radical (unpaired) electrons. The number of carbonyl (C=O) groups excluding carboxylic acids is 5. The van der Waals surface area contributed by atoms with E-state index in [-0.39, 0.29) is 47.5 Å². The maximum Gasteiger partial charge on any atom is 0.242 e. The molecule has 3 aromatic rings. The Balaban J connectivity index is 1.09. The average Bonchev–Trinajstić information content (AvgIpc) is 3.63. The van der Waals surface area contributed by atoms with Gasteiger partial charge in [-0.2, -0.15) is 0 Å². The number of nitrogen functional groups attached to an aromatic ring is 1. The molecule has 12 nitrogen and oxygen atoms in total. The van der Waals surface area contributed by atoms with Gasteiger partial charge in [-0.05, 0) is 71.4 Å². The van der Waals surface area contributed by atoms with Gasteiger partial charge in [0, 0.05) is 50.7 Å². The Labute approximate surface area is 311 Å². The first-order valence-corrected chi connectivity index (χ1v) is 20.1. The van der Waals surface area contributed by atoms with E-state index in [0.717, 1.165) is 105 Å². The van der Waals surface area contributed by atoms with Crippen LogP contribution in [0.5, 0.6) is 0 Å². The second-order valence-electron chi connectivity index (χ2n) is 13.8. The molecule has 0 aliphatic carbocycles. The smallest absolute Gasteiger partial charge is 0.242 e. The minimum Gasteiger partial charge on any atom is -0.382 e. The summed E-state index contributed by atoms with van der Waals surface area (Å²) < 4.78 is 2.31. The normalized spacial score (nSPS) is 15.2. The molecule has 1 aromatic carbocycles. The molecule has 1 aliphatic rings. The molecule has 2 aromatic heterocycles. The Hall–Kier alpha value is -3.84. The van der Waals surface area contributed by atoms with Gasteiger partial charge in [-0.25, -0.2) is 9.97 Å². The lowest BCUT2D eigenvalue weighted by Gasteiger charge is -2.15. The SMILES string of the molecule is CCCCc1nc2c(N)nc3ccccc3c2n1CCCCCC(=O)CCCCCN1C(=O)CC(SCC(=O)NCCCCC(NC)C(C)=O)C1=O. The summed E-state index contributed by atoms with van der Waals surface area (Å²) in [6, 6.07) is 7.89. The van der Waals surface area contributed by atoms with Crippen molar-refractivity contribution in [1.82, 2.24) is 30.1 Å². The van der Waals surface area contributed by atoms with Gasteiger partial charge in [0.25, 0.3) is 0 Å². The number of imidazole rings is 1. The number of likely N-dealkylation sites (tertiary alicyclic amines) is 1. The summed E-state index contributed by atoms with van der Waals surface area (Å²) in [7, 11) is 1.76. The highest BCUT2D eigenvalue weighted by atomic mass is 32.2. The zero-order valence-corrected chi connectivity index (χ0v) is 32.0. The molecule has 52 heavy (non-hydrogen) atoms. The summed E-state index contributed by atoms with van der Waals surface area (Å²) in [5.41, 5.74) is 9.02. The first-order chi connectivity index (χ1) is 25.1. The van der Waals surface area contributed by atoms with Gasteiger partial charge in [-0.15, -0.1) is 11.8 Å². The molecule has 3 amide bonds. The molecule has 0 bridgehead atoms. The van der Waals surface area contributed by atoms with Crippen molar-refractivity contribution in [1.29, 1.82) is 0 Å². The summed E-state index contributed by atoms with van der Waals surface area (Å²) in [5.74, 6) is 1.40. The summed E-state index contributed by atoms with van der Waals surface area (Å²) >= 11 is 1.21. The molecule has 2 atom stereocenters. The number of para-hydroxylation sites is 1. The van der Waals surface area contributed by atoms with Crippen molar-refractivity contribution in [3.63, 3.8) is 0 Å². The highest BCUT2D eigenvalue weighted by Gasteiger charge is 2.38. The maximum atomic E-state index is 12.8. The van der Waals surface area contributed by atoms with Gasteiger partial charge in [0.15, 0.2) is 5.82 Å². The number of likely N-dealkylation sites (N-methyl/N-ethyl adjacent to an activating group) is 1. The number of aromatic nitrogens is 3. The number of ketones is 2. The Morgan fingerprint density at radius 2 is 1.69 bits per heavy atom. The summed E-state index contributed by atoms with van der Waals surface area (Å²) in [4.78, 5) is 72.5. The number of hydrogen-bond donors (Lipinski definition) is 3. The summed E-state index contributed by atoms with van der Waals surface area (Å²) in [6.45, 7) is 5.42. The van der Waals surface area contributed by atoms with E-state index in [1.54, 1.807) is 14.0 Å². The molecule has 1 aliphatic heterocycles. The summed E-state index contributed by atoms with van der Waals surface area (Å²) in [6.07, 6.45) is 11.4. The number of thioether (sulfide) groups is 1. The van der Waals surface area contributed by atoms with Crippen molar-refractivity contribution in [2.24, 2.45) is 0 Å². The number of imide groups is 1. The van der Waals surface area contributed by atoms with Gasteiger partial charge < -0.3 is 20.9 Å². The van der Waals surface area contributed by atoms with Crippen LogP contribution < -0.4 is 16.4 Å². The number of nitrogens with one attached hydrogen (secondary N) is 2. The Kier molecular flexibility index (Phi) is 16.5. The van der Waals surface area contributed by atoms with E-state index in [9.17, 15) is 24.0 Å². The van der Waals surface area contributed by atoms with Gasteiger partial charge in [-0.3, -0.25) is 28.9 Å². The van der Waals surface area contributed by atoms with Gasteiger partial charge in [0.1, 0.15) is 22.9 Å². The number of pyridine rings is 1. The highest BCUT2D eigenvalue weighted by Crippen LogP contribution is 2.30. The van der Waals surface area contributed by atoms with Gasteiger partial charge >= 0.3 is 0 Å².